The number of nitrogens with one attached hydrogen (secondary N) is 1. The van der Waals surface area contributed by atoms with Gasteiger partial charge in [-0.2, -0.15) is 0 Å². The molecule has 0 fully saturated rings. The van der Waals surface area contributed by atoms with Gasteiger partial charge in [0.25, 0.3) is 0 Å². The maximum absolute atomic E-state index is 12.2. The minimum Gasteiger partial charge on any atom is -0.423 e. The van der Waals surface area contributed by atoms with Crippen molar-refractivity contribution in [3.63, 3.8) is 0 Å². The third-order valence-corrected chi connectivity index (χ3v) is 3.47. The SMILES string of the molecule is CC#CC#CC#CC#CC#CC(=O)c1ccc(C(=O)Oc2ccc(NC)cc2)cc1. The molecule has 0 atom stereocenters. The molecular formula is C26H15NO3. The Morgan fingerprint density at radius 3 is 1.83 bits per heavy atom. The maximum atomic E-state index is 12.2. The number of Topliss-reactive ketones (excluding diaryl/α,β-unsaturated/α-hetero) is 1. The number of anilines is 1. The normalized spacial score (nSPS) is 7.93. The highest BCUT2D eigenvalue weighted by molar-refractivity contribution is 6.09. The molecule has 2 aromatic rings. The van der Waals surface area contributed by atoms with Gasteiger partial charge in [0.15, 0.2) is 0 Å². The molecule has 0 bridgehead atoms. The molecule has 0 aliphatic rings. The van der Waals surface area contributed by atoms with Crippen molar-refractivity contribution in [3.05, 3.63) is 59.7 Å². The molecule has 0 saturated heterocycles. The molecule has 1 N–H and O–H groups in total. The zero-order valence-electron chi connectivity index (χ0n) is 16.3. The Morgan fingerprint density at radius 1 is 0.733 bits per heavy atom. The summed E-state index contributed by atoms with van der Waals surface area (Å²) >= 11 is 0. The van der Waals surface area contributed by atoms with Gasteiger partial charge in [0, 0.05) is 18.3 Å². The topological polar surface area (TPSA) is 55.4 Å². The van der Waals surface area contributed by atoms with E-state index in [0.29, 0.717) is 16.9 Å². The fourth-order valence-electron chi connectivity index (χ4n) is 2.02. The summed E-state index contributed by atoms with van der Waals surface area (Å²) in [4.78, 5) is 24.3. The number of carbonyl (C=O) groups is 2. The van der Waals surface area contributed by atoms with E-state index in [1.807, 2.05) is 0 Å². The second-order valence-corrected chi connectivity index (χ2v) is 5.45. The van der Waals surface area contributed by atoms with Crippen molar-refractivity contribution in [1.29, 1.82) is 0 Å². The molecule has 0 unspecified atom stereocenters. The molecule has 30 heavy (non-hydrogen) atoms. The van der Waals surface area contributed by atoms with Gasteiger partial charge in [0.1, 0.15) is 5.75 Å². The molecular weight excluding hydrogens is 374 g/mol. The Hall–Kier alpha value is -4.82. The Bertz CT molecular complexity index is 1240. The van der Waals surface area contributed by atoms with Crippen molar-refractivity contribution in [1.82, 2.24) is 0 Å². The molecule has 0 spiro atoms. The van der Waals surface area contributed by atoms with Gasteiger partial charge in [-0.15, -0.1) is 0 Å². The van der Waals surface area contributed by atoms with E-state index >= 15 is 0 Å². The molecule has 4 nitrogen and oxygen atoms in total. The van der Waals surface area contributed by atoms with Crippen LogP contribution in [-0.4, -0.2) is 18.8 Å². The van der Waals surface area contributed by atoms with Crippen molar-refractivity contribution in [3.8, 4) is 65.0 Å². The van der Waals surface area contributed by atoms with E-state index in [1.54, 1.807) is 38.2 Å². The predicted molar refractivity (Wildman–Crippen MR) is 116 cm³/mol. The van der Waals surface area contributed by atoms with Gasteiger partial charge in [-0.25, -0.2) is 4.79 Å². The average molecular weight is 389 g/mol. The van der Waals surface area contributed by atoms with Gasteiger partial charge in [0.05, 0.1) is 5.56 Å². The van der Waals surface area contributed by atoms with Crippen LogP contribution in [0, 0.1) is 59.2 Å². The highest BCUT2D eigenvalue weighted by Crippen LogP contribution is 2.17. The molecule has 0 aliphatic carbocycles. The van der Waals surface area contributed by atoms with Gasteiger partial charge < -0.3 is 10.1 Å². The first-order chi connectivity index (χ1) is 14.6. The van der Waals surface area contributed by atoms with Crippen LogP contribution in [0.4, 0.5) is 5.69 Å². The summed E-state index contributed by atoms with van der Waals surface area (Å²) < 4.78 is 5.31. The van der Waals surface area contributed by atoms with Gasteiger partial charge in [-0.1, -0.05) is 5.92 Å². The summed E-state index contributed by atoms with van der Waals surface area (Å²) in [6.45, 7) is 1.68. The van der Waals surface area contributed by atoms with Crippen LogP contribution >= 0.6 is 0 Å². The molecule has 0 radical (unpaired) electrons. The summed E-state index contributed by atoms with van der Waals surface area (Å²) in [6.07, 6.45) is 0. The number of ether oxygens (including phenoxy) is 1. The molecule has 142 valence electrons. The van der Waals surface area contributed by atoms with E-state index in [9.17, 15) is 9.59 Å². The zero-order chi connectivity index (χ0) is 21.6. The third-order valence-electron chi connectivity index (χ3n) is 3.47. The highest BCUT2D eigenvalue weighted by Gasteiger charge is 2.10. The molecule has 0 aromatic heterocycles. The molecule has 2 rings (SSSR count). The van der Waals surface area contributed by atoms with Gasteiger partial charge in [0.2, 0.25) is 5.78 Å². The number of rotatable bonds is 4. The molecule has 4 heteroatoms. The van der Waals surface area contributed by atoms with Crippen LogP contribution in [0.25, 0.3) is 0 Å². The van der Waals surface area contributed by atoms with Crippen LogP contribution in [0.15, 0.2) is 48.5 Å². The maximum Gasteiger partial charge on any atom is 0.343 e. The zero-order valence-corrected chi connectivity index (χ0v) is 16.3. The Balaban J connectivity index is 1.96. The van der Waals surface area contributed by atoms with Crippen molar-refractivity contribution in [2.45, 2.75) is 6.92 Å². The minimum absolute atomic E-state index is 0.321. The van der Waals surface area contributed by atoms with Crippen LogP contribution in [0.3, 0.4) is 0 Å². The largest absolute Gasteiger partial charge is 0.423 e. The van der Waals surface area contributed by atoms with Crippen LogP contribution in [0.5, 0.6) is 5.75 Å². The van der Waals surface area contributed by atoms with Crippen molar-refractivity contribution >= 4 is 17.4 Å². The molecule has 0 amide bonds. The van der Waals surface area contributed by atoms with Crippen LogP contribution in [0.2, 0.25) is 0 Å². The van der Waals surface area contributed by atoms with Gasteiger partial charge in [-0.05, 0) is 109 Å². The average Bonchev–Trinajstić information content (AvgIpc) is 2.78. The van der Waals surface area contributed by atoms with E-state index in [-0.39, 0.29) is 0 Å². The van der Waals surface area contributed by atoms with E-state index in [1.165, 1.54) is 24.3 Å². The van der Waals surface area contributed by atoms with Crippen LogP contribution < -0.4 is 10.1 Å². The molecule has 2 aromatic carbocycles. The first-order valence-corrected chi connectivity index (χ1v) is 8.71. The molecule has 0 saturated carbocycles. The third kappa shape index (κ3) is 7.06. The number of carbonyl (C=O) groups excluding carboxylic acids is 2. The second kappa shape index (κ2) is 11.8. The van der Waals surface area contributed by atoms with Crippen molar-refractivity contribution in [2.24, 2.45) is 0 Å². The fourth-order valence-corrected chi connectivity index (χ4v) is 2.02. The smallest absolute Gasteiger partial charge is 0.343 e. The first kappa shape index (κ1) is 21.5. The lowest BCUT2D eigenvalue weighted by atomic mass is 10.1. The number of hydrogen-bond donors (Lipinski definition) is 1. The van der Waals surface area contributed by atoms with Gasteiger partial charge >= 0.3 is 5.97 Å². The summed E-state index contributed by atoms with van der Waals surface area (Å²) in [7, 11) is 1.80. The monoisotopic (exact) mass is 389 g/mol. The van der Waals surface area contributed by atoms with Crippen molar-refractivity contribution < 1.29 is 14.3 Å². The standard InChI is InChI=1S/C26H15NO3/c1-3-4-5-6-7-8-9-10-11-12-25(28)21-13-15-22(16-14-21)26(29)30-24-19-17-23(27-2)18-20-24/h13-20,27H,1-2H3. The summed E-state index contributed by atoms with van der Waals surface area (Å²) in [6, 6.07) is 13.0. The van der Waals surface area contributed by atoms with Crippen molar-refractivity contribution in [2.75, 3.05) is 12.4 Å². The Labute approximate surface area is 176 Å². The van der Waals surface area contributed by atoms with Gasteiger partial charge in [-0.3, -0.25) is 4.79 Å². The lowest BCUT2D eigenvalue weighted by molar-refractivity contribution is 0.0734. The lowest BCUT2D eigenvalue weighted by Gasteiger charge is -2.06. The first-order valence-electron chi connectivity index (χ1n) is 8.71. The Kier molecular flexibility index (Phi) is 8.45. The minimum atomic E-state index is -0.519. The van der Waals surface area contributed by atoms with E-state index in [0.717, 1.165) is 5.69 Å². The number of hydrogen-bond acceptors (Lipinski definition) is 4. The number of ketones is 1. The van der Waals surface area contributed by atoms with E-state index in [4.69, 9.17) is 4.74 Å². The molecule has 0 heterocycles. The fraction of sp³-hybridized carbons (Fsp3) is 0.0769. The summed E-state index contributed by atoms with van der Waals surface area (Å²) in [5.41, 5.74) is 1.57. The quantitative estimate of drug-likeness (QED) is 0.287. The lowest BCUT2D eigenvalue weighted by Crippen LogP contribution is -2.09. The highest BCUT2D eigenvalue weighted by atomic mass is 16.5. The number of esters is 1. The predicted octanol–water partition coefficient (Wildman–Crippen LogP) is 3.17. The summed E-state index contributed by atoms with van der Waals surface area (Å²) in [5.74, 6) is 24.4. The van der Waals surface area contributed by atoms with E-state index < -0.39 is 11.8 Å². The summed E-state index contributed by atoms with van der Waals surface area (Å²) in [5, 5.41) is 2.98. The van der Waals surface area contributed by atoms with Crippen LogP contribution in [-0.2, 0) is 0 Å². The number of benzene rings is 2. The van der Waals surface area contributed by atoms with E-state index in [2.05, 4.69) is 64.5 Å². The Morgan fingerprint density at radius 2 is 1.27 bits per heavy atom. The molecule has 0 aliphatic heterocycles. The second-order valence-electron chi connectivity index (χ2n) is 5.45. The van der Waals surface area contributed by atoms with Crippen LogP contribution in [0.1, 0.15) is 27.6 Å².